The van der Waals surface area contributed by atoms with Crippen molar-refractivity contribution in [3.05, 3.63) is 76.1 Å². The molecular weight excluding hydrogens is 681 g/mol. The van der Waals surface area contributed by atoms with Gasteiger partial charge in [0.15, 0.2) is 0 Å². The van der Waals surface area contributed by atoms with Crippen molar-refractivity contribution in [2.24, 2.45) is 23.2 Å². The summed E-state index contributed by atoms with van der Waals surface area (Å²) in [5.41, 5.74) is 6.45. The van der Waals surface area contributed by atoms with Gasteiger partial charge in [0.05, 0.1) is 37.9 Å². The molecule has 10 atom stereocenters. The molecule has 1 saturated carbocycles. The predicted molar refractivity (Wildman–Crippen MR) is 208 cm³/mol. The number of rotatable bonds is 6. The lowest BCUT2D eigenvalue weighted by Gasteiger charge is -2.58. The first-order valence-electron chi connectivity index (χ1n) is 19.8. The fraction of sp³-hybridized carbons (Fsp3) is 0.545. The van der Waals surface area contributed by atoms with E-state index in [0.29, 0.717) is 25.8 Å². The van der Waals surface area contributed by atoms with E-state index in [2.05, 4.69) is 63.2 Å². The number of piperidine rings is 3. The summed E-state index contributed by atoms with van der Waals surface area (Å²) in [6.07, 6.45) is 5.09. The summed E-state index contributed by atoms with van der Waals surface area (Å²) in [4.78, 5) is 41.1. The summed E-state index contributed by atoms with van der Waals surface area (Å²) < 4.78 is 12.0. The van der Waals surface area contributed by atoms with Gasteiger partial charge in [0, 0.05) is 76.8 Å². The number of aromatic nitrogens is 2. The topological polar surface area (TPSA) is 131 Å². The van der Waals surface area contributed by atoms with Gasteiger partial charge < -0.3 is 29.7 Å². The minimum atomic E-state index is -1.01. The molecule has 10 nitrogen and oxygen atoms in total. The van der Waals surface area contributed by atoms with Crippen molar-refractivity contribution >= 4 is 33.6 Å². The number of methoxy groups -OCH3 is 2. The molecule has 286 valence electrons. The number of likely N-dealkylation sites (N-methyl/N-ethyl adjacent to an activating group) is 1. The number of ketones is 1. The van der Waals surface area contributed by atoms with Crippen LogP contribution in [0.2, 0.25) is 0 Å². The Morgan fingerprint density at radius 3 is 2.59 bits per heavy atom. The molecule has 3 saturated heterocycles. The zero-order valence-electron chi connectivity index (χ0n) is 32.4. The minimum Gasteiger partial charge on any atom is -0.496 e. The van der Waals surface area contributed by atoms with Gasteiger partial charge in [-0.1, -0.05) is 29.8 Å². The van der Waals surface area contributed by atoms with E-state index in [4.69, 9.17) is 9.47 Å². The normalized spacial score (nSPS) is 34.5. The van der Waals surface area contributed by atoms with Crippen LogP contribution in [-0.4, -0.2) is 107 Å². The zero-order valence-corrected chi connectivity index (χ0v) is 32.4. The third-order valence-electron chi connectivity index (χ3n) is 14.9. The second-order valence-corrected chi connectivity index (χ2v) is 17.1. The van der Waals surface area contributed by atoms with Crippen LogP contribution < -0.4 is 4.74 Å². The van der Waals surface area contributed by atoms with Gasteiger partial charge in [-0.25, -0.2) is 0 Å². The van der Waals surface area contributed by atoms with Crippen LogP contribution in [0.4, 0.5) is 0 Å². The van der Waals surface area contributed by atoms with Gasteiger partial charge in [0.2, 0.25) is 0 Å². The molecule has 0 radical (unpaired) electrons. The van der Waals surface area contributed by atoms with Crippen LogP contribution in [0, 0.1) is 23.2 Å². The molecule has 6 heterocycles. The highest BCUT2D eigenvalue weighted by Gasteiger charge is 2.64. The Hall–Kier alpha value is -3.96. The Balaban J connectivity index is 1.34. The maximum Gasteiger partial charge on any atom is 0.319 e. The molecule has 4 aromatic rings. The van der Waals surface area contributed by atoms with Crippen molar-refractivity contribution in [3.8, 4) is 5.75 Å². The fourth-order valence-electron chi connectivity index (χ4n) is 12.7. The number of aliphatic hydroxyl groups excluding tert-OH is 2. The number of H-pyrrole nitrogens is 2. The van der Waals surface area contributed by atoms with Gasteiger partial charge >= 0.3 is 5.97 Å². The molecule has 54 heavy (non-hydrogen) atoms. The number of hydrogen-bond acceptors (Lipinski definition) is 8. The summed E-state index contributed by atoms with van der Waals surface area (Å²) in [6, 6.07) is 12.2. The Kier molecular flexibility index (Phi) is 8.47. The highest BCUT2D eigenvalue weighted by Crippen LogP contribution is 2.58. The number of aliphatic hydroxyl groups is 2. The summed E-state index contributed by atoms with van der Waals surface area (Å²) in [7, 11) is 5.29. The Labute approximate surface area is 316 Å². The second-order valence-electron chi connectivity index (χ2n) is 17.1. The number of nitrogens with zero attached hydrogens (tertiary/aromatic N) is 2. The molecule has 4 fully saturated rings. The monoisotopic (exact) mass is 734 g/mol. The van der Waals surface area contributed by atoms with Gasteiger partial charge in [-0.15, -0.1) is 0 Å². The minimum absolute atomic E-state index is 0.00861. The van der Waals surface area contributed by atoms with Crippen LogP contribution in [0.1, 0.15) is 74.0 Å². The Bertz CT molecular complexity index is 2200. The van der Waals surface area contributed by atoms with Crippen LogP contribution in [-0.2, 0) is 32.6 Å². The lowest BCUT2D eigenvalue weighted by atomic mass is 9.56. The molecule has 10 rings (SSSR count). The van der Waals surface area contributed by atoms with E-state index < -0.39 is 16.9 Å². The lowest BCUT2D eigenvalue weighted by molar-refractivity contribution is -0.166. The van der Waals surface area contributed by atoms with Crippen molar-refractivity contribution in [3.63, 3.8) is 0 Å². The quantitative estimate of drug-likeness (QED) is 0.157. The van der Waals surface area contributed by atoms with Crippen molar-refractivity contribution in [2.75, 3.05) is 47.5 Å². The van der Waals surface area contributed by atoms with Gasteiger partial charge in [0.1, 0.15) is 16.9 Å². The molecule has 6 aliphatic rings. The summed E-state index contributed by atoms with van der Waals surface area (Å²) in [5.74, 6) is 0.226. The number of nitrogens with one attached hydrogen (secondary N) is 2. The van der Waals surface area contributed by atoms with Crippen molar-refractivity contribution in [2.45, 2.75) is 82.4 Å². The van der Waals surface area contributed by atoms with Gasteiger partial charge in [-0.05, 0) is 101 Å². The number of ether oxygens (including phenoxy) is 2. The first kappa shape index (κ1) is 35.7. The van der Waals surface area contributed by atoms with E-state index in [1.54, 1.807) is 14.0 Å². The Morgan fingerprint density at radius 2 is 1.89 bits per heavy atom. The summed E-state index contributed by atoms with van der Waals surface area (Å²) >= 11 is 0. The number of aromatic amines is 2. The summed E-state index contributed by atoms with van der Waals surface area (Å²) in [6.45, 7) is 7.76. The molecule has 2 aromatic carbocycles. The first-order valence-corrected chi connectivity index (χ1v) is 19.8. The predicted octanol–water partition coefficient (Wildman–Crippen LogP) is 5.24. The van der Waals surface area contributed by atoms with Crippen LogP contribution >= 0.6 is 0 Å². The average molecular weight is 735 g/mol. The average Bonchev–Trinajstić information content (AvgIpc) is 3.71. The van der Waals surface area contributed by atoms with Gasteiger partial charge in [-0.3, -0.25) is 19.4 Å². The molecule has 2 aromatic heterocycles. The van der Waals surface area contributed by atoms with E-state index in [1.807, 2.05) is 19.9 Å². The van der Waals surface area contributed by atoms with Crippen LogP contribution in [0.5, 0.6) is 5.75 Å². The number of likely N-dealkylation sites (tertiary alicyclic amines) is 1. The van der Waals surface area contributed by atoms with Gasteiger partial charge in [0.25, 0.3) is 0 Å². The maximum atomic E-state index is 14.4. The highest BCUT2D eigenvalue weighted by atomic mass is 16.5. The third-order valence-corrected chi connectivity index (χ3v) is 14.9. The molecule has 4 aliphatic heterocycles. The highest BCUT2D eigenvalue weighted by molar-refractivity contribution is 5.95. The number of fused-ring (bicyclic) bond motifs is 9. The maximum absolute atomic E-state index is 14.4. The molecular formula is C44H54N4O6. The van der Waals surface area contributed by atoms with Crippen LogP contribution in [0.25, 0.3) is 21.8 Å². The van der Waals surface area contributed by atoms with E-state index in [-0.39, 0.29) is 54.1 Å². The number of carbonyl (C=O) groups excluding carboxylic acids is 2. The lowest BCUT2D eigenvalue weighted by Crippen LogP contribution is -2.68. The molecule has 0 spiro atoms. The number of esters is 1. The first-order chi connectivity index (χ1) is 26.0. The zero-order chi connectivity index (χ0) is 37.8. The van der Waals surface area contributed by atoms with E-state index in [9.17, 15) is 19.8 Å². The molecule has 4 N–H and O–H groups in total. The number of para-hydroxylation sites is 1. The van der Waals surface area contributed by atoms with Crippen molar-refractivity contribution in [1.82, 2.24) is 19.8 Å². The molecule has 2 unspecified atom stereocenters. The van der Waals surface area contributed by atoms with E-state index in [0.717, 1.165) is 87.1 Å². The molecule has 10 heteroatoms. The number of benzene rings is 2. The van der Waals surface area contributed by atoms with Crippen LogP contribution in [0.15, 0.2) is 48.0 Å². The Morgan fingerprint density at radius 1 is 1.09 bits per heavy atom. The fourth-order valence-corrected chi connectivity index (χ4v) is 12.7. The second kappa shape index (κ2) is 12.8. The van der Waals surface area contributed by atoms with E-state index >= 15 is 0 Å². The molecule has 6 bridgehead atoms. The number of carbonyl (C=O) groups is 2. The van der Waals surface area contributed by atoms with Gasteiger partial charge in [-0.2, -0.15) is 0 Å². The largest absolute Gasteiger partial charge is 0.496 e. The standard InChI is InChI=1S/C44H54N4O6/c1-7-26-21-47(4)36-18-31-27-10-8-9-11-34(27)45-38(31)32(17-33(26)44(36,22-49)24(3)51)37-35(53-5)13-12-28-29-14-15-48-20-25-16-30(23(2)50)41(48)43(19-25,42(52)54-6)40(29)46-39(28)37/h7-13,23,25,30,32-33,36,41,45-46,49-50H,14-22H2,1-6H3/b26-7-/t23-,25-,30+,32+,33+,36-,41-,43+,44?/m0/s1. The molecule has 0 amide bonds. The third kappa shape index (κ3) is 4.66. The van der Waals surface area contributed by atoms with E-state index in [1.165, 1.54) is 7.11 Å². The number of hydrogen-bond donors (Lipinski definition) is 4. The number of allylic oxidation sites excluding steroid dienone is 1. The number of Topliss-reactive ketones (excluding diaryl/α,β-unsaturated/α-hetero) is 1. The SMILES string of the molecule is C/C=C1/CN(C)[C@H]2Cc3c([nH]c4ccccc34)[C@@H](c3c(OC)ccc4c5c([nH]c34)[C@]3(C(=O)OC)C[C@@H]4C[C@H]([C@H](C)O)[C@@H]3N(CC5)C4)C[C@H]1C2(CO)C(C)=O. The summed E-state index contributed by atoms with van der Waals surface area (Å²) in [5, 5.41) is 24.8. The smallest absolute Gasteiger partial charge is 0.319 e. The van der Waals surface area contributed by atoms with Crippen molar-refractivity contribution in [1.29, 1.82) is 0 Å². The van der Waals surface area contributed by atoms with Crippen LogP contribution in [0.3, 0.4) is 0 Å². The van der Waals surface area contributed by atoms with Crippen molar-refractivity contribution < 1.29 is 29.3 Å². The molecule has 2 aliphatic carbocycles.